The van der Waals surface area contributed by atoms with Gasteiger partial charge in [-0.1, -0.05) is 23.7 Å². The SMILES string of the molecule is O=C(NCCc1cccc(Cl)c1)C1CSCCN1. The number of carbonyl (C=O) groups excluding carboxylic acids is 1. The maximum Gasteiger partial charge on any atom is 0.238 e. The van der Waals surface area contributed by atoms with Crippen molar-refractivity contribution in [3.8, 4) is 0 Å². The van der Waals surface area contributed by atoms with Gasteiger partial charge in [0.15, 0.2) is 0 Å². The topological polar surface area (TPSA) is 41.1 Å². The van der Waals surface area contributed by atoms with Crippen molar-refractivity contribution < 1.29 is 4.79 Å². The maximum absolute atomic E-state index is 11.8. The van der Waals surface area contributed by atoms with Gasteiger partial charge in [0, 0.05) is 29.6 Å². The van der Waals surface area contributed by atoms with Crippen LogP contribution in [0.2, 0.25) is 5.02 Å². The lowest BCUT2D eigenvalue weighted by molar-refractivity contribution is -0.122. The summed E-state index contributed by atoms with van der Waals surface area (Å²) < 4.78 is 0. The van der Waals surface area contributed by atoms with Crippen LogP contribution in [-0.2, 0) is 11.2 Å². The first-order valence-corrected chi connectivity index (χ1v) is 7.62. The molecule has 0 saturated carbocycles. The van der Waals surface area contributed by atoms with Gasteiger partial charge in [-0.2, -0.15) is 11.8 Å². The number of hydrogen-bond acceptors (Lipinski definition) is 3. The summed E-state index contributed by atoms with van der Waals surface area (Å²) >= 11 is 7.73. The zero-order valence-corrected chi connectivity index (χ0v) is 11.7. The minimum absolute atomic E-state index is 0.0388. The Kier molecular flexibility index (Phi) is 5.35. The number of carbonyl (C=O) groups is 1. The van der Waals surface area contributed by atoms with Crippen molar-refractivity contribution in [2.45, 2.75) is 12.5 Å². The van der Waals surface area contributed by atoms with Crippen molar-refractivity contribution in [2.75, 3.05) is 24.6 Å². The molecule has 2 rings (SSSR count). The van der Waals surface area contributed by atoms with Crippen molar-refractivity contribution in [3.63, 3.8) is 0 Å². The Bertz CT molecular complexity index is 408. The number of hydrogen-bond donors (Lipinski definition) is 2. The fourth-order valence-electron chi connectivity index (χ4n) is 1.88. The molecule has 1 fully saturated rings. The van der Waals surface area contributed by atoms with E-state index in [0.29, 0.717) is 6.54 Å². The quantitative estimate of drug-likeness (QED) is 0.884. The molecule has 0 bridgehead atoms. The molecule has 98 valence electrons. The first-order chi connectivity index (χ1) is 8.75. The normalized spacial score (nSPS) is 19.5. The Morgan fingerprint density at radius 3 is 3.17 bits per heavy atom. The van der Waals surface area contributed by atoms with Gasteiger partial charge in [-0.25, -0.2) is 0 Å². The predicted octanol–water partition coefficient (Wildman–Crippen LogP) is 1.70. The predicted molar refractivity (Wildman–Crippen MR) is 77.3 cm³/mol. The third-order valence-electron chi connectivity index (χ3n) is 2.84. The van der Waals surface area contributed by atoms with E-state index in [-0.39, 0.29) is 11.9 Å². The van der Waals surface area contributed by atoms with Crippen LogP contribution in [0.4, 0.5) is 0 Å². The van der Waals surface area contributed by atoms with E-state index in [1.165, 1.54) is 0 Å². The molecule has 2 N–H and O–H groups in total. The van der Waals surface area contributed by atoms with Gasteiger partial charge in [0.2, 0.25) is 5.91 Å². The Morgan fingerprint density at radius 2 is 2.44 bits per heavy atom. The maximum atomic E-state index is 11.8. The average Bonchev–Trinajstić information content (AvgIpc) is 2.40. The lowest BCUT2D eigenvalue weighted by atomic mass is 10.1. The van der Waals surface area contributed by atoms with Crippen molar-refractivity contribution in [1.29, 1.82) is 0 Å². The van der Waals surface area contributed by atoms with Gasteiger partial charge in [0.25, 0.3) is 0 Å². The van der Waals surface area contributed by atoms with E-state index in [4.69, 9.17) is 11.6 Å². The zero-order valence-electron chi connectivity index (χ0n) is 10.1. The molecule has 1 atom stereocenters. The third kappa shape index (κ3) is 4.19. The van der Waals surface area contributed by atoms with Gasteiger partial charge in [-0.05, 0) is 24.1 Å². The molecular weight excluding hydrogens is 268 g/mol. The largest absolute Gasteiger partial charge is 0.354 e. The van der Waals surface area contributed by atoms with Crippen LogP contribution >= 0.6 is 23.4 Å². The first-order valence-electron chi connectivity index (χ1n) is 6.09. The molecule has 0 spiro atoms. The summed E-state index contributed by atoms with van der Waals surface area (Å²) in [4.78, 5) is 11.8. The molecule has 1 aromatic rings. The zero-order chi connectivity index (χ0) is 12.8. The molecule has 1 amide bonds. The van der Waals surface area contributed by atoms with Gasteiger partial charge in [0.1, 0.15) is 0 Å². The molecule has 0 radical (unpaired) electrons. The van der Waals surface area contributed by atoms with Crippen LogP contribution < -0.4 is 10.6 Å². The summed E-state index contributed by atoms with van der Waals surface area (Å²) in [6.07, 6.45) is 0.812. The van der Waals surface area contributed by atoms with Crippen LogP contribution in [0.3, 0.4) is 0 Å². The first kappa shape index (κ1) is 13.7. The van der Waals surface area contributed by atoms with E-state index in [1.54, 1.807) is 0 Å². The highest BCUT2D eigenvalue weighted by atomic mass is 35.5. The van der Waals surface area contributed by atoms with Crippen LogP contribution in [0, 0.1) is 0 Å². The average molecular weight is 285 g/mol. The van der Waals surface area contributed by atoms with Gasteiger partial charge < -0.3 is 10.6 Å². The van der Waals surface area contributed by atoms with Crippen LogP contribution in [0.15, 0.2) is 24.3 Å². The Hall–Kier alpha value is -0.710. The highest BCUT2D eigenvalue weighted by Crippen LogP contribution is 2.11. The second kappa shape index (κ2) is 7.02. The molecule has 1 aromatic carbocycles. The Morgan fingerprint density at radius 1 is 1.56 bits per heavy atom. The van der Waals surface area contributed by atoms with E-state index in [9.17, 15) is 4.79 Å². The summed E-state index contributed by atoms with van der Waals surface area (Å²) in [5, 5.41) is 6.93. The molecule has 1 saturated heterocycles. The minimum atomic E-state index is -0.0388. The molecule has 1 unspecified atom stereocenters. The summed E-state index contributed by atoms with van der Waals surface area (Å²) in [5.74, 6) is 2.05. The van der Waals surface area contributed by atoms with E-state index in [0.717, 1.165) is 35.1 Å². The van der Waals surface area contributed by atoms with Crippen LogP contribution in [-0.4, -0.2) is 36.5 Å². The molecule has 18 heavy (non-hydrogen) atoms. The summed E-state index contributed by atoms with van der Waals surface area (Å²) in [6, 6.07) is 7.70. The number of benzene rings is 1. The van der Waals surface area contributed by atoms with E-state index >= 15 is 0 Å². The molecule has 0 aliphatic carbocycles. The van der Waals surface area contributed by atoms with Crippen molar-refractivity contribution in [1.82, 2.24) is 10.6 Å². The number of nitrogens with one attached hydrogen (secondary N) is 2. The Labute approximate surface area is 117 Å². The number of rotatable bonds is 4. The molecule has 3 nitrogen and oxygen atoms in total. The minimum Gasteiger partial charge on any atom is -0.354 e. The van der Waals surface area contributed by atoms with E-state index < -0.39 is 0 Å². The molecule has 1 aliphatic heterocycles. The highest BCUT2D eigenvalue weighted by Gasteiger charge is 2.19. The second-order valence-electron chi connectivity index (χ2n) is 4.25. The standard InChI is InChI=1S/C13H17ClN2OS/c14-11-3-1-2-10(8-11)4-5-16-13(17)12-9-18-7-6-15-12/h1-3,8,12,15H,4-7,9H2,(H,16,17). The number of thioether (sulfide) groups is 1. The summed E-state index contributed by atoms with van der Waals surface area (Å²) in [6.45, 7) is 1.57. The van der Waals surface area contributed by atoms with Crippen molar-refractivity contribution in [3.05, 3.63) is 34.9 Å². The molecule has 1 aliphatic rings. The Balaban J connectivity index is 1.73. The molecule has 1 heterocycles. The van der Waals surface area contributed by atoms with E-state index in [1.807, 2.05) is 36.0 Å². The smallest absolute Gasteiger partial charge is 0.238 e. The van der Waals surface area contributed by atoms with Gasteiger partial charge in [0.05, 0.1) is 6.04 Å². The fourth-order valence-corrected chi connectivity index (χ4v) is 3.03. The third-order valence-corrected chi connectivity index (χ3v) is 4.14. The van der Waals surface area contributed by atoms with Crippen LogP contribution in [0.1, 0.15) is 5.56 Å². The van der Waals surface area contributed by atoms with Crippen LogP contribution in [0.25, 0.3) is 0 Å². The van der Waals surface area contributed by atoms with Gasteiger partial charge in [-0.15, -0.1) is 0 Å². The second-order valence-corrected chi connectivity index (χ2v) is 5.84. The number of amides is 1. The van der Waals surface area contributed by atoms with Crippen LogP contribution in [0.5, 0.6) is 0 Å². The molecular formula is C13H17ClN2OS. The lowest BCUT2D eigenvalue weighted by Gasteiger charge is -2.22. The monoisotopic (exact) mass is 284 g/mol. The van der Waals surface area contributed by atoms with Crippen molar-refractivity contribution in [2.24, 2.45) is 0 Å². The van der Waals surface area contributed by atoms with E-state index in [2.05, 4.69) is 10.6 Å². The fraction of sp³-hybridized carbons (Fsp3) is 0.462. The summed E-state index contributed by atoms with van der Waals surface area (Å²) in [5.41, 5.74) is 1.15. The van der Waals surface area contributed by atoms with Crippen molar-refractivity contribution >= 4 is 29.3 Å². The van der Waals surface area contributed by atoms with Gasteiger partial charge >= 0.3 is 0 Å². The highest BCUT2D eigenvalue weighted by molar-refractivity contribution is 7.99. The summed E-state index contributed by atoms with van der Waals surface area (Å²) in [7, 11) is 0. The van der Waals surface area contributed by atoms with Gasteiger partial charge in [-0.3, -0.25) is 4.79 Å². The number of halogens is 1. The lowest BCUT2D eigenvalue weighted by Crippen LogP contribution is -2.49. The molecule has 5 heteroatoms. The molecule has 0 aromatic heterocycles.